The zero-order chi connectivity index (χ0) is 16.3. The van der Waals surface area contributed by atoms with E-state index in [0.717, 1.165) is 62.3 Å². The Morgan fingerprint density at radius 1 is 1.42 bits per heavy atom. The lowest BCUT2D eigenvalue weighted by Gasteiger charge is -2.11. The third-order valence-electron chi connectivity index (χ3n) is 3.55. The number of rotatable bonds is 9. The van der Waals surface area contributed by atoms with Gasteiger partial charge >= 0.3 is 0 Å². The van der Waals surface area contributed by atoms with Gasteiger partial charge < -0.3 is 15.4 Å². The maximum atomic E-state index is 5.55. The molecule has 6 heteroatoms. The van der Waals surface area contributed by atoms with Gasteiger partial charge in [0.15, 0.2) is 5.96 Å². The van der Waals surface area contributed by atoms with Gasteiger partial charge in [0.25, 0.3) is 0 Å². The number of nitrogens with zero attached hydrogens (tertiary/aromatic N) is 1. The van der Waals surface area contributed by atoms with Crippen LogP contribution in [0, 0.1) is 0 Å². The molecule has 1 aliphatic heterocycles. The average Bonchev–Trinajstić information content (AvgIpc) is 3.02. The van der Waals surface area contributed by atoms with Crippen LogP contribution in [-0.2, 0) is 12.8 Å². The summed E-state index contributed by atoms with van der Waals surface area (Å²) in [5.41, 5.74) is 2.68. The van der Waals surface area contributed by atoms with Crippen molar-refractivity contribution in [1.82, 2.24) is 10.6 Å². The predicted molar refractivity (Wildman–Crippen MR) is 116 cm³/mol. The quantitative estimate of drug-likeness (QED) is 0.195. The Hall–Kier alpha value is -0.890. The first kappa shape index (κ1) is 21.2. The summed E-state index contributed by atoms with van der Waals surface area (Å²) in [7, 11) is 0. The van der Waals surface area contributed by atoms with Crippen molar-refractivity contribution in [3.63, 3.8) is 0 Å². The molecule has 0 amide bonds. The van der Waals surface area contributed by atoms with Gasteiger partial charge in [-0.2, -0.15) is 11.8 Å². The lowest BCUT2D eigenvalue weighted by molar-refractivity contribution is 0.357. The van der Waals surface area contributed by atoms with Crippen LogP contribution in [0.5, 0.6) is 5.75 Å². The number of halogens is 1. The summed E-state index contributed by atoms with van der Waals surface area (Å²) in [5, 5.41) is 6.70. The Labute approximate surface area is 166 Å². The molecule has 4 nitrogen and oxygen atoms in total. The summed E-state index contributed by atoms with van der Waals surface area (Å²) >= 11 is 1.85. The highest BCUT2D eigenvalue weighted by molar-refractivity contribution is 14.0. The van der Waals surface area contributed by atoms with E-state index >= 15 is 0 Å². The summed E-state index contributed by atoms with van der Waals surface area (Å²) in [6.07, 6.45) is 3.95. The van der Waals surface area contributed by atoms with Gasteiger partial charge in [-0.25, -0.2) is 0 Å². The van der Waals surface area contributed by atoms with Crippen molar-refractivity contribution >= 4 is 41.7 Å². The molecule has 0 aliphatic carbocycles. The highest BCUT2D eigenvalue weighted by Crippen LogP contribution is 2.25. The second kappa shape index (κ2) is 12.5. The fraction of sp³-hybridized carbons (Fsp3) is 0.500. The van der Waals surface area contributed by atoms with Crippen LogP contribution in [-0.4, -0.2) is 43.7 Å². The largest absolute Gasteiger partial charge is 0.493 e. The van der Waals surface area contributed by atoms with E-state index in [2.05, 4.69) is 47.3 Å². The molecule has 1 aromatic rings. The summed E-state index contributed by atoms with van der Waals surface area (Å²) in [4.78, 5) is 4.59. The highest BCUT2D eigenvalue weighted by Gasteiger charge is 2.11. The number of ether oxygens (including phenoxy) is 1. The lowest BCUT2D eigenvalue weighted by Crippen LogP contribution is -2.38. The van der Waals surface area contributed by atoms with Gasteiger partial charge in [-0.1, -0.05) is 18.2 Å². The van der Waals surface area contributed by atoms with Crippen molar-refractivity contribution in [2.24, 2.45) is 4.99 Å². The van der Waals surface area contributed by atoms with Crippen molar-refractivity contribution in [2.45, 2.75) is 19.8 Å². The molecule has 0 atom stereocenters. The number of aliphatic imine (C=N–C) groups is 1. The monoisotopic (exact) mass is 461 g/mol. The molecule has 0 unspecified atom stereocenters. The maximum absolute atomic E-state index is 5.55. The molecule has 134 valence electrons. The molecule has 2 N–H and O–H groups in total. The summed E-state index contributed by atoms with van der Waals surface area (Å²) in [5.74, 6) is 3.96. The molecule has 2 rings (SSSR count). The minimum atomic E-state index is 0. The zero-order valence-electron chi connectivity index (χ0n) is 14.3. The zero-order valence-corrected chi connectivity index (χ0v) is 17.5. The van der Waals surface area contributed by atoms with E-state index in [1.807, 2.05) is 17.8 Å². The van der Waals surface area contributed by atoms with Crippen molar-refractivity contribution in [1.29, 1.82) is 0 Å². The smallest absolute Gasteiger partial charge is 0.191 e. The van der Waals surface area contributed by atoms with Crippen LogP contribution in [0.15, 0.2) is 35.8 Å². The van der Waals surface area contributed by atoms with Crippen LogP contribution < -0.4 is 15.4 Å². The van der Waals surface area contributed by atoms with Crippen molar-refractivity contribution in [3.8, 4) is 5.75 Å². The van der Waals surface area contributed by atoms with E-state index in [1.165, 1.54) is 11.1 Å². The van der Waals surface area contributed by atoms with E-state index in [0.29, 0.717) is 0 Å². The molecule has 1 aromatic carbocycles. The van der Waals surface area contributed by atoms with Gasteiger partial charge in [-0.15, -0.1) is 30.6 Å². The van der Waals surface area contributed by atoms with E-state index in [9.17, 15) is 0 Å². The maximum Gasteiger partial charge on any atom is 0.191 e. The second-order valence-corrected chi connectivity index (χ2v) is 6.49. The topological polar surface area (TPSA) is 45.7 Å². The Kier molecular flexibility index (Phi) is 11.0. The fourth-order valence-corrected chi connectivity index (χ4v) is 3.00. The van der Waals surface area contributed by atoms with Crippen LogP contribution in [0.25, 0.3) is 0 Å². The van der Waals surface area contributed by atoms with Gasteiger partial charge in [0.05, 0.1) is 13.2 Å². The number of hydrogen-bond acceptors (Lipinski definition) is 3. The van der Waals surface area contributed by atoms with Gasteiger partial charge in [-0.3, -0.25) is 4.99 Å². The first-order chi connectivity index (χ1) is 11.3. The number of thioether (sulfide) groups is 1. The summed E-state index contributed by atoms with van der Waals surface area (Å²) in [6, 6.07) is 6.51. The third kappa shape index (κ3) is 7.34. The first-order valence-corrected chi connectivity index (χ1v) is 9.44. The molecule has 0 saturated heterocycles. The Bertz CT molecular complexity index is 537. The predicted octanol–water partition coefficient (Wildman–Crippen LogP) is 3.26. The van der Waals surface area contributed by atoms with E-state index in [4.69, 9.17) is 4.74 Å². The Balaban J connectivity index is 0.00000288. The van der Waals surface area contributed by atoms with Gasteiger partial charge in [0, 0.05) is 31.0 Å². The van der Waals surface area contributed by atoms with Crippen molar-refractivity contribution < 1.29 is 4.74 Å². The first-order valence-electron chi connectivity index (χ1n) is 8.29. The molecule has 0 saturated carbocycles. The van der Waals surface area contributed by atoms with Crippen LogP contribution in [0.2, 0.25) is 0 Å². The second-order valence-electron chi connectivity index (χ2n) is 5.34. The van der Waals surface area contributed by atoms with Crippen LogP contribution in [0.4, 0.5) is 0 Å². The normalized spacial score (nSPS) is 12.8. The number of guanidine groups is 1. The molecule has 0 aromatic heterocycles. The van der Waals surface area contributed by atoms with E-state index in [1.54, 1.807) is 0 Å². The molecule has 0 bridgehead atoms. The van der Waals surface area contributed by atoms with Crippen LogP contribution in [0.1, 0.15) is 18.1 Å². The molecule has 24 heavy (non-hydrogen) atoms. The molecule has 1 heterocycles. The Morgan fingerprint density at radius 2 is 2.29 bits per heavy atom. The van der Waals surface area contributed by atoms with Crippen LogP contribution in [0.3, 0.4) is 0 Å². The fourth-order valence-electron chi connectivity index (χ4n) is 2.45. The number of nitrogens with one attached hydrogen (secondary N) is 2. The third-order valence-corrected chi connectivity index (χ3v) is 4.49. The molecule has 1 aliphatic rings. The van der Waals surface area contributed by atoms with Gasteiger partial charge in [-0.05, 0) is 30.5 Å². The SMILES string of the molecule is C=CCSCCN=C(NCC)NCCc1ccc2c(c1)CCO2.I. The number of fused-ring (bicyclic) bond motifs is 1. The summed E-state index contributed by atoms with van der Waals surface area (Å²) < 4.78 is 5.55. The molecular formula is C18H28IN3OS. The molecule has 0 fully saturated rings. The highest BCUT2D eigenvalue weighted by atomic mass is 127. The number of hydrogen-bond donors (Lipinski definition) is 2. The van der Waals surface area contributed by atoms with Crippen LogP contribution >= 0.6 is 35.7 Å². The minimum Gasteiger partial charge on any atom is -0.493 e. The average molecular weight is 461 g/mol. The molecular weight excluding hydrogens is 433 g/mol. The van der Waals surface area contributed by atoms with Gasteiger partial charge in [0.2, 0.25) is 0 Å². The number of benzene rings is 1. The lowest BCUT2D eigenvalue weighted by atomic mass is 10.1. The van der Waals surface area contributed by atoms with Crippen molar-refractivity contribution in [2.75, 3.05) is 37.7 Å². The molecule has 0 spiro atoms. The van der Waals surface area contributed by atoms with E-state index < -0.39 is 0 Å². The van der Waals surface area contributed by atoms with Gasteiger partial charge in [0.1, 0.15) is 5.75 Å². The summed E-state index contributed by atoms with van der Waals surface area (Å²) in [6.45, 7) is 9.21. The Morgan fingerprint density at radius 3 is 3.08 bits per heavy atom. The minimum absolute atomic E-state index is 0. The van der Waals surface area contributed by atoms with Crippen molar-refractivity contribution in [3.05, 3.63) is 42.0 Å². The van der Waals surface area contributed by atoms with E-state index in [-0.39, 0.29) is 24.0 Å². The molecule has 0 radical (unpaired) electrons. The standard InChI is InChI=1S/C18H27N3OS.HI/c1-3-12-23-13-10-21-18(19-4-2)20-9-7-15-5-6-17-16(14-15)8-11-22-17;/h3,5-6,14H,1,4,7-13H2,2H3,(H2,19,20,21);1H.